The minimum atomic E-state index is -5.14. The molecular weight excluding hydrogens is 819 g/mol. The van der Waals surface area contributed by atoms with E-state index in [2.05, 4.69) is 14.6 Å². The van der Waals surface area contributed by atoms with E-state index < -0.39 is 74.1 Å². The number of para-hydroxylation sites is 2. The molecule has 5 rings (SSSR count). The third-order valence-corrected chi connectivity index (χ3v) is 9.81. The van der Waals surface area contributed by atoms with Crippen LogP contribution in [0.15, 0.2) is 101 Å². The highest BCUT2D eigenvalue weighted by molar-refractivity contribution is 7.92. The molecule has 0 unspecified atom stereocenters. The second kappa shape index (κ2) is 17.5. The predicted molar refractivity (Wildman–Crippen MR) is 189 cm³/mol. The van der Waals surface area contributed by atoms with E-state index in [-0.39, 0.29) is 35.3 Å². The van der Waals surface area contributed by atoms with Gasteiger partial charge in [0.15, 0.2) is 5.78 Å². The summed E-state index contributed by atoms with van der Waals surface area (Å²) < 4.78 is 158. The molecular formula is C35H29F8N5O7S2. The monoisotopic (exact) mass is 847 g/mol. The highest BCUT2D eigenvalue weighted by Crippen LogP contribution is 2.31. The molecule has 0 atom stereocenters. The zero-order valence-electron chi connectivity index (χ0n) is 29.3. The Balaban J connectivity index is 0.000000253. The molecule has 0 saturated heterocycles. The van der Waals surface area contributed by atoms with Gasteiger partial charge >= 0.3 is 24.2 Å². The molecule has 0 spiro atoms. The van der Waals surface area contributed by atoms with Crippen LogP contribution in [0.2, 0.25) is 0 Å². The number of Topliss-reactive ketones (excluding diaryl/α,β-unsaturated/α-hetero) is 1. The van der Waals surface area contributed by atoms with Crippen molar-refractivity contribution in [3.05, 3.63) is 131 Å². The number of ketones is 1. The number of alkyl halides is 6. The Labute approximate surface area is 319 Å². The summed E-state index contributed by atoms with van der Waals surface area (Å²) in [5, 5.41) is 7.55. The average molecular weight is 848 g/mol. The number of anilines is 2. The minimum absolute atomic E-state index is 0.0218. The molecule has 4 aromatic carbocycles. The van der Waals surface area contributed by atoms with Gasteiger partial charge in [0.05, 0.1) is 43.5 Å². The van der Waals surface area contributed by atoms with Crippen LogP contribution in [-0.4, -0.2) is 64.0 Å². The Morgan fingerprint density at radius 3 is 1.56 bits per heavy atom. The van der Waals surface area contributed by atoms with Crippen molar-refractivity contribution in [3.63, 3.8) is 0 Å². The average Bonchev–Trinajstić information content (AvgIpc) is 3.64. The molecule has 1 heterocycles. The largest absolute Gasteiger partial charge is 0.471 e. The molecule has 0 fully saturated rings. The van der Waals surface area contributed by atoms with Gasteiger partial charge in [-0.25, -0.2) is 25.6 Å². The molecule has 0 saturated carbocycles. The van der Waals surface area contributed by atoms with E-state index in [1.165, 1.54) is 29.6 Å². The summed E-state index contributed by atoms with van der Waals surface area (Å²) in [7, 11) is -7.45. The fourth-order valence-electron chi connectivity index (χ4n) is 4.77. The lowest BCUT2D eigenvalue weighted by atomic mass is 10.1. The van der Waals surface area contributed by atoms with Crippen molar-refractivity contribution in [1.82, 2.24) is 15.5 Å². The summed E-state index contributed by atoms with van der Waals surface area (Å²) in [6.07, 6.45) is -8.00. The molecule has 1 N–H and O–H groups in total. The maximum Gasteiger partial charge on any atom is 0.471 e. The van der Waals surface area contributed by atoms with E-state index in [1.54, 1.807) is 48.5 Å². The molecule has 1 aromatic heterocycles. The number of nitrogens with one attached hydrogen (secondary N) is 1. The number of aromatic nitrogens is 2. The zero-order chi connectivity index (χ0) is 42.3. The Morgan fingerprint density at radius 1 is 0.684 bits per heavy atom. The third kappa shape index (κ3) is 12.0. The highest BCUT2D eigenvalue weighted by atomic mass is 32.2. The summed E-state index contributed by atoms with van der Waals surface area (Å²) in [6, 6.07) is 22.6. The van der Waals surface area contributed by atoms with Crippen LogP contribution in [-0.2, 0) is 44.1 Å². The van der Waals surface area contributed by atoms with Gasteiger partial charge in [0, 0.05) is 22.3 Å². The van der Waals surface area contributed by atoms with Crippen LogP contribution in [0.5, 0.6) is 0 Å². The topological polar surface area (TPSA) is 160 Å². The van der Waals surface area contributed by atoms with Gasteiger partial charge in [-0.1, -0.05) is 54.6 Å². The van der Waals surface area contributed by atoms with Crippen LogP contribution < -0.4 is 13.9 Å². The Kier molecular flexibility index (Phi) is 13.4. The zero-order valence-corrected chi connectivity index (χ0v) is 31.0. The van der Waals surface area contributed by atoms with Crippen molar-refractivity contribution in [2.45, 2.75) is 25.4 Å². The molecule has 0 aliphatic carbocycles. The van der Waals surface area contributed by atoms with Crippen molar-refractivity contribution in [1.29, 1.82) is 0 Å². The molecule has 0 bridgehead atoms. The van der Waals surface area contributed by atoms with E-state index in [0.29, 0.717) is 11.4 Å². The number of sulfonamides is 2. The fraction of sp³-hybridized carbons (Fsp3) is 0.200. The van der Waals surface area contributed by atoms with E-state index in [0.717, 1.165) is 45.4 Å². The van der Waals surface area contributed by atoms with E-state index in [1.807, 2.05) is 0 Å². The van der Waals surface area contributed by atoms with Gasteiger partial charge in [0.25, 0.3) is 0 Å². The number of benzene rings is 4. The third-order valence-electron chi connectivity index (χ3n) is 7.53. The molecule has 0 aliphatic heterocycles. The number of nitrogens with zero attached hydrogens (tertiary/aromatic N) is 4. The van der Waals surface area contributed by atoms with Gasteiger partial charge in [0.2, 0.25) is 25.9 Å². The van der Waals surface area contributed by atoms with E-state index in [4.69, 9.17) is 0 Å². The van der Waals surface area contributed by atoms with Crippen LogP contribution >= 0.6 is 0 Å². The predicted octanol–water partition coefficient (Wildman–Crippen LogP) is 6.51. The van der Waals surface area contributed by atoms with Gasteiger partial charge in [-0.3, -0.25) is 18.2 Å². The van der Waals surface area contributed by atoms with E-state index in [9.17, 15) is 61.5 Å². The second-order valence-electron chi connectivity index (χ2n) is 11.8. The molecule has 22 heteroatoms. The number of hydrogen-bond donors (Lipinski definition) is 1. The van der Waals surface area contributed by atoms with Crippen molar-refractivity contribution < 1.29 is 66.0 Å². The Hall–Kier alpha value is -5.90. The Morgan fingerprint density at radius 2 is 1.16 bits per heavy atom. The van der Waals surface area contributed by atoms with Crippen LogP contribution in [0, 0.1) is 11.6 Å². The SMILES string of the molecule is CS(=O)(=O)N(Cc1ccc(-c2nnc(C(F)(F)F)o2)cc1F)c1ccccc1.CS(=O)(=O)N(Cc1ccc(C(=O)CNC(=O)C(F)(F)F)cc1F)c1ccccc1. The van der Waals surface area contributed by atoms with Crippen LogP contribution in [0.3, 0.4) is 0 Å². The number of amides is 1. The van der Waals surface area contributed by atoms with Crippen molar-refractivity contribution in [2.75, 3.05) is 27.7 Å². The lowest BCUT2D eigenvalue weighted by molar-refractivity contribution is -0.173. The summed E-state index contributed by atoms with van der Waals surface area (Å²) in [5.74, 6) is -7.00. The smallest absolute Gasteiger partial charge is 0.413 e. The van der Waals surface area contributed by atoms with Gasteiger partial charge in [0.1, 0.15) is 11.6 Å². The van der Waals surface area contributed by atoms with Gasteiger partial charge in [-0.15, -0.1) is 10.2 Å². The summed E-state index contributed by atoms with van der Waals surface area (Å²) in [6.45, 7) is -1.61. The number of carbonyl (C=O) groups excluding carboxylic acids is 2. The number of carbonyl (C=O) groups is 2. The van der Waals surface area contributed by atoms with Gasteiger partial charge in [-0.2, -0.15) is 26.3 Å². The summed E-state index contributed by atoms with van der Waals surface area (Å²) in [4.78, 5) is 22.6. The quantitative estimate of drug-likeness (QED) is 0.109. The van der Waals surface area contributed by atoms with Crippen LogP contribution in [0.4, 0.5) is 46.5 Å². The van der Waals surface area contributed by atoms with Crippen LogP contribution in [0.1, 0.15) is 27.4 Å². The van der Waals surface area contributed by atoms with Gasteiger partial charge in [-0.05, 0) is 42.5 Å². The fourth-order valence-corrected chi connectivity index (χ4v) is 6.53. The maximum atomic E-state index is 14.5. The van der Waals surface area contributed by atoms with E-state index >= 15 is 0 Å². The number of rotatable bonds is 12. The molecule has 5 aromatic rings. The first-order valence-electron chi connectivity index (χ1n) is 15.9. The van der Waals surface area contributed by atoms with Crippen molar-refractivity contribution >= 4 is 43.1 Å². The number of hydrogen-bond acceptors (Lipinski definition) is 9. The molecule has 12 nitrogen and oxygen atoms in total. The standard InChI is InChI=1S/C18H16F4N2O4S.C17H13F4N3O3S/c1-29(27,28)24(14-5-3-2-4-6-14)11-13-8-7-12(9-15(13)19)16(25)10-23-17(26)18(20,21)22;1-28(25,26)24(13-5-3-2-4-6-13)10-12-8-7-11(9-14(12)18)15-22-23-16(27-15)17(19,20)21/h2-9H,10-11H2,1H3,(H,23,26);2-9H,10H2,1H3. The molecule has 304 valence electrons. The first-order valence-corrected chi connectivity index (χ1v) is 19.6. The molecule has 0 aliphatic rings. The Bertz CT molecular complexity index is 2430. The summed E-state index contributed by atoms with van der Waals surface area (Å²) >= 11 is 0. The molecule has 57 heavy (non-hydrogen) atoms. The molecule has 0 radical (unpaired) electrons. The van der Waals surface area contributed by atoms with Crippen molar-refractivity contribution in [2.24, 2.45) is 0 Å². The summed E-state index contributed by atoms with van der Waals surface area (Å²) in [5.41, 5.74) is 0.308. The maximum absolute atomic E-state index is 14.5. The lowest BCUT2D eigenvalue weighted by Gasteiger charge is -2.22. The first-order chi connectivity index (χ1) is 26.4. The normalized spacial score (nSPS) is 12.0. The second-order valence-corrected chi connectivity index (χ2v) is 15.7. The van der Waals surface area contributed by atoms with Gasteiger partial charge < -0.3 is 9.73 Å². The molecule has 1 amide bonds. The van der Waals surface area contributed by atoms with Crippen molar-refractivity contribution in [3.8, 4) is 11.5 Å². The first kappa shape index (κ1) is 43.8. The highest BCUT2D eigenvalue weighted by Gasteiger charge is 2.39. The lowest BCUT2D eigenvalue weighted by Crippen LogP contribution is -2.39. The van der Waals surface area contributed by atoms with Crippen LogP contribution in [0.25, 0.3) is 11.5 Å². The minimum Gasteiger partial charge on any atom is -0.413 e. The number of halogens is 8.